The van der Waals surface area contributed by atoms with Crippen LogP contribution in [0.2, 0.25) is 0 Å². The molecule has 0 saturated heterocycles. The average molecular weight is 450 g/mol. The van der Waals surface area contributed by atoms with Gasteiger partial charge in [-0.1, -0.05) is 15.9 Å². The summed E-state index contributed by atoms with van der Waals surface area (Å²) in [4.78, 5) is 1.03. The maximum Gasteiger partial charge on any atom is 0.263 e. The van der Waals surface area contributed by atoms with E-state index in [9.17, 15) is 13.7 Å². The Morgan fingerprint density at radius 3 is 2.57 bits per heavy atom. The number of sulfonamides is 1. The number of thiophene rings is 1. The van der Waals surface area contributed by atoms with E-state index in [1.54, 1.807) is 19.1 Å². The predicted molar refractivity (Wildman–Crippen MR) is 91.2 cm³/mol. The van der Waals surface area contributed by atoms with Crippen LogP contribution in [0.3, 0.4) is 0 Å². The van der Waals surface area contributed by atoms with Gasteiger partial charge in [0.15, 0.2) is 0 Å². The van der Waals surface area contributed by atoms with Crippen molar-refractivity contribution in [3.05, 3.63) is 43.1 Å². The van der Waals surface area contributed by atoms with Crippen LogP contribution < -0.4 is 4.72 Å². The first-order valence-electron chi connectivity index (χ1n) is 5.74. The van der Waals surface area contributed by atoms with E-state index >= 15 is 0 Å². The Bertz CT molecular complexity index is 852. The van der Waals surface area contributed by atoms with Crippen molar-refractivity contribution in [1.29, 1.82) is 5.26 Å². The summed E-state index contributed by atoms with van der Waals surface area (Å²) in [5.74, 6) is 0. The van der Waals surface area contributed by atoms with Gasteiger partial charge in [0.25, 0.3) is 10.0 Å². The molecule has 110 valence electrons. The van der Waals surface area contributed by atoms with Crippen molar-refractivity contribution in [2.45, 2.75) is 18.7 Å². The molecule has 1 aromatic carbocycles. The second-order valence-corrected chi connectivity index (χ2v) is 8.92. The summed E-state index contributed by atoms with van der Waals surface area (Å²) in [6.07, 6.45) is 0. The summed E-state index contributed by atoms with van der Waals surface area (Å²) in [7, 11) is -3.77. The van der Waals surface area contributed by atoms with E-state index in [1.807, 2.05) is 13.0 Å². The van der Waals surface area contributed by atoms with Gasteiger partial charge in [-0.25, -0.2) is 8.42 Å². The van der Waals surface area contributed by atoms with Gasteiger partial charge in [-0.15, -0.1) is 11.3 Å². The Morgan fingerprint density at radius 1 is 1.29 bits per heavy atom. The van der Waals surface area contributed by atoms with Crippen molar-refractivity contribution >= 4 is 58.2 Å². The molecule has 2 aromatic rings. The van der Waals surface area contributed by atoms with Gasteiger partial charge in [-0.3, -0.25) is 4.72 Å². The normalized spacial score (nSPS) is 11.2. The Kier molecular flexibility index (Phi) is 4.78. The Morgan fingerprint density at radius 2 is 1.95 bits per heavy atom. The van der Waals surface area contributed by atoms with Crippen molar-refractivity contribution in [3.63, 3.8) is 0 Å². The smallest absolute Gasteiger partial charge is 0.263 e. The number of nitriles is 1. The number of anilines is 1. The molecule has 8 heteroatoms. The number of aryl methyl sites for hydroxylation is 1. The van der Waals surface area contributed by atoms with Gasteiger partial charge in [0.2, 0.25) is 0 Å². The van der Waals surface area contributed by atoms with Crippen molar-refractivity contribution < 1.29 is 8.42 Å². The van der Waals surface area contributed by atoms with E-state index in [-0.39, 0.29) is 4.90 Å². The van der Waals surface area contributed by atoms with Crippen molar-refractivity contribution in [3.8, 4) is 6.07 Å². The number of halogens is 2. The van der Waals surface area contributed by atoms with Crippen molar-refractivity contribution in [2.75, 3.05) is 4.72 Å². The summed E-state index contributed by atoms with van der Waals surface area (Å²) < 4.78 is 28.6. The minimum atomic E-state index is -3.77. The molecule has 0 fully saturated rings. The van der Waals surface area contributed by atoms with Crippen LogP contribution in [0.25, 0.3) is 0 Å². The molecular formula is C13H10Br2N2O2S2. The second kappa shape index (κ2) is 6.08. The zero-order valence-electron chi connectivity index (χ0n) is 11.1. The van der Waals surface area contributed by atoms with E-state index in [0.717, 1.165) is 10.4 Å². The van der Waals surface area contributed by atoms with Gasteiger partial charge in [0.05, 0.1) is 5.56 Å². The molecule has 2 rings (SSSR count). The molecular weight excluding hydrogens is 440 g/mol. The van der Waals surface area contributed by atoms with E-state index in [0.29, 0.717) is 19.5 Å². The largest absolute Gasteiger partial charge is 0.269 e. The zero-order chi connectivity index (χ0) is 15.8. The number of hydrogen-bond acceptors (Lipinski definition) is 4. The summed E-state index contributed by atoms with van der Waals surface area (Å²) in [6.45, 7) is 3.66. The Balaban J connectivity index is 2.50. The molecule has 0 atom stereocenters. The topological polar surface area (TPSA) is 70.0 Å². The monoisotopic (exact) mass is 448 g/mol. The van der Waals surface area contributed by atoms with Crippen LogP contribution in [0.1, 0.15) is 16.0 Å². The molecule has 4 nitrogen and oxygen atoms in total. The van der Waals surface area contributed by atoms with Gasteiger partial charge in [-0.2, -0.15) is 5.26 Å². The highest BCUT2D eigenvalue weighted by atomic mass is 79.9. The first-order valence-corrected chi connectivity index (χ1v) is 9.63. The molecule has 0 amide bonds. The fourth-order valence-corrected chi connectivity index (χ4v) is 5.51. The third kappa shape index (κ3) is 3.31. The number of nitrogens with one attached hydrogen (secondary N) is 1. The fourth-order valence-electron chi connectivity index (χ4n) is 1.69. The number of rotatable bonds is 3. The lowest BCUT2D eigenvalue weighted by Gasteiger charge is -2.09. The molecule has 1 N–H and O–H groups in total. The molecule has 0 aliphatic heterocycles. The average Bonchev–Trinajstić information content (AvgIpc) is 2.66. The van der Waals surface area contributed by atoms with Gasteiger partial charge in [0, 0.05) is 13.8 Å². The molecule has 1 aromatic heterocycles. The van der Waals surface area contributed by atoms with Gasteiger partial charge in [-0.05, 0) is 53.5 Å². The number of hydrogen-bond donors (Lipinski definition) is 1. The Hall–Kier alpha value is -0.880. The molecule has 0 aliphatic rings. The minimum absolute atomic E-state index is 0.115. The van der Waals surface area contributed by atoms with Crippen LogP contribution in [0.4, 0.5) is 5.00 Å². The highest BCUT2D eigenvalue weighted by molar-refractivity contribution is 9.11. The molecule has 0 spiro atoms. The van der Waals surface area contributed by atoms with Crippen LogP contribution in [-0.4, -0.2) is 8.42 Å². The molecule has 0 saturated carbocycles. The SMILES string of the molecule is Cc1sc(NS(=O)(=O)c2cc(Br)ccc2Br)c(C#N)c1C. The van der Waals surface area contributed by atoms with Crippen LogP contribution in [0.5, 0.6) is 0 Å². The molecule has 0 unspecified atom stereocenters. The lowest BCUT2D eigenvalue weighted by atomic mass is 10.2. The first kappa shape index (κ1) is 16.5. The summed E-state index contributed by atoms with van der Waals surface area (Å²) in [5, 5.41) is 9.53. The summed E-state index contributed by atoms with van der Waals surface area (Å²) >= 11 is 7.75. The lowest BCUT2D eigenvalue weighted by molar-refractivity contribution is 0.601. The second-order valence-electron chi connectivity index (χ2n) is 4.28. The van der Waals surface area contributed by atoms with E-state index in [2.05, 4.69) is 36.6 Å². The minimum Gasteiger partial charge on any atom is -0.269 e. The predicted octanol–water partition coefficient (Wildman–Crippen LogP) is 4.56. The lowest BCUT2D eigenvalue weighted by Crippen LogP contribution is -2.13. The first-order chi connectivity index (χ1) is 9.76. The number of benzene rings is 1. The van der Waals surface area contributed by atoms with Gasteiger partial charge in [0.1, 0.15) is 16.0 Å². The van der Waals surface area contributed by atoms with Gasteiger partial charge < -0.3 is 0 Å². The van der Waals surface area contributed by atoms with Crippen LogP contribution in [0.15, 0.2) is 32.0 Å². The third-order valence-electron chi connectivity index (χ3n) is 2.91. The maximum absolute atomic E-state index is 12.5. The highest BCUT2D eigenvalue weighted by Gasteiger charge is 2.22. The van der Waals surface area contributed by atoms with Gasteiger partial charge >= 0.3 is 0 Å². The number of nitrogens with zero attached hydrogens (tertiary/aromatic N) is 1. The van der Waals surface area contributed by atoms with E-state index < -0.39 is 10.0 Å². The molecule has 0 bridgehead atoms. The van der Waals surface area contributed by atoms with E-state index in [1.165, 1.54) is 17.4 Å². The Labute approximate surface area is 144 Å². The van der Waals surface area contributed by atoms with Crippen molar-refractivity contribution in [2.24, 2.45) is 0 Å². The molecule has 21 heavy (non-hydrogen) atoms. The summed E-state index contributed by atoms with van der Waals surface area (Å²) in [6, 6.07) is 6.94. The maximum atomic E-state index is 12.5. The summed E-state index contributed by atoms with van der Waals surface area (Å²) in [5.41, 5.74) is 1.17. The molecule has 0 aliphatic carbocycles. The van der Waals surface area contributed by atoms with Crippen molar-refractivity contribution in [1.82, 2.24) is 0 Å². The van der Waals surface area contributed by atoms with Crippen LogP contribution in [0, 0.1) is 25.2 Å². The van der Waals surface area contributed by atoms with Crippen LogP contribution in [-0.2, 0) is 10.0 Å². The standard InChI is InChI=1S/C13H10Br2N2O2S2/c1-7-8(2)20-13(10(7)6-16)17-21(18,19)12-5-9(14)3-4-11(12)15/h3-5,17H,1-2H3. The van der Waals surface area contributed by atoms with E-state index in [4.69, 9.17) is 0 Å². The fraction of sp³-hybridized carbons (Fsp3) is 0.154. The molecule has 0 radical (unpaired) electrons. The third-order valence-corrected chi connectivity index (χ3v) is 7.00. The van der Waals surface area contributed by atoms with Crippen LogP contribution >= 0.6 is 43.2 Å². The molecule has 1 heterocycles. The highest BCUT2D eigenvalue weighted by Crippen LogP contribution is 2.34. The quantitative estimate of drug-likeness (QED) is 0.746. The zero-order valence-corrected chi connectivity index (χ0v) is 15.9.